The van der Waals surface area contributed by atoms with Crippen LogP contribution in [0.3, 0.4) is 0 Å². The lowest BCUT2D eigenvalue weighted by Gasteiger charge is -2.22. The summed E-state index contributed by atoms with van der Waals surface area (Å²) in [7, 11) is 2.16. The van der Waals surface area contributed by atoms with E-state index in [9.17, 15) is 0 Å². The van der Waals surface area contributed by atoms with Crippen molar-refractivity contribution in [1.29, 1.82) is 0 Å². The monoisotopic (exact) mass is 234 g/mol. The molecule has 0 unspecified atom stereocenters. The van der Waals surface area contributed by atoms with Gasteiger partial charge in [-0.3, -0.25) is 0 Å². The largest absolute Gasteiger partial charge is 0.364 e. The van der Waals surface area contributed by atoms with Crippen LogP contribution in [0.5, 0.6) is 0 Å². The minimum atomic E-state index is 0.993. The first-order valence-corrected chi connectivity index (χ1v) is 6.62. The molecule has 0 atom stereocenters. The number of hydrogen-bond donors (Lipinski definition) is 0. The van der Waals surface area contributed by atoms with Crippen LogP contribution in [0.4, 0.5) is 0 Å². The summed E-state index contributed by atoms with van der Waals surface area (Å²) in [6.07, 6.45) is 10.1. The Labute approximate surface area is 103 Å². The molecule has 94 valence electrons. The third kappa shape index (κ3) is 3.19. The van der Waals surface area contributed by atoms with E-state index in [1.54, 1.807) is 0 Å². The lowest BCUT2D eigenvalue weighted by atomic mass is 10.0. The molecule has 1 aliphatic heterocycles. The van der Waals surface area contributed by atoms with Crippen LogP contribution in [-0.2, 0) is 6.42 Å². The highest BCUT2D eigenvalue weighted by Crippen LogP contribution is 2.23. The van der Waals surface area contributed by atoms with E-state index in [-0.39, 0.29) is 0 Å². The second kappa shape index (κ2) is 6.01. The number of aromatic nitrogens is 1. The fourth-order valence-corrected chi connectivity index (χ4v) is 2.33. The van der Waals surface area contributed by atoms with Crippen LogP contribution in [-0.4, -0.2) is 30.2 Å². The van der Waals surface area contributed by atoms with E-state index in [4.69, 9.17) is 4.52 Å². The molecule has 0 radical (unpaired) electrons. The Kier molecular flexibility index (Phi) is 4.37. The van der Waals surface area contributed by atoms with Crippen LogP contribution < -0.4 is 0 Å². The summed E-state index contributed by atoms with van der Waals surface area (Å²) >= 11 is 0. The molecule has 0 spiro atoms. The molecule has 0 fully saturated rings. The number of likely N-dealkylation sites (N-methyl/N-ethyl adjacent to an activating group) is 1. The predicted octanol–water partition coefficient (Wildman–Crippen LogP) is 3.13. The zero-order valence-electron chi connectivity index (χ0n) is 10.9. The Morgan fingerprint density at radius 2 is 2.29 bits per heavy atom. The first-order valence-electron chi connectivity index (χ1n) is 6.62. The topological polar surface area (TPSA) is 29.3 Å². The Morgan fingerprint density at radius 1 is 1.41 bits per heavy atom. The molecule has 0 aliphatic carbocycles. The van der Waals surface area contributed by atoms with Crippen molar-refractivity contribution in [3.63, 3.8) is 0 Å². The lowest BCUT2D eigenvalue weighted by molar-refractivity contribution is 0.369. The average Bonchev–Trinajstić information content (AvgIpc) is 2.78. The molecule has 2 rings (SSSR count). The van der Waals surface area contributed by atoms with E-state index in [0.717, 1.165) is 31.6 Å². The average molecular weight is 234 g/mol. The van der Waals surface area contributed by atoms with Gasteiger partial charge in [-0.15, -0.1) is 0 Å². The van der Waals surface area contributed by atoms with Crippen molar-refractivity contribution in [2.24, 2.45) is 0 Å². The zero-order valence-corrected chi connectivity index (χ0v) is 10.9. The molecular formula is C14H22N2O. The second-order valence-electron chi connectivity index (χ2n) is 4.90. The van der Waals surface area contributed by atoms with Gasteiger partial charge in [0, 0.05) is 18.7 Å². The van der Waals surface area contributed by atoms with Gasteiger partial charge in [-0.2, -0.15) is 0 Å². The summed E-state index contributed by atoms with van der Waals surface area (Å²) < 4.78 is 5.16. The molecule has 3 heteroatoms. The standard InChI is InChI=1S/C14H22N2O/c1-3-4-5-7-13-11-17-15-14(13)12-8-6-9-16(2)10-12/h8,11H,3-7,9-10H2,1-2H3. The first kappa shape index (κ1) is 12.4. The SMILES string of the molecule is CCCCCc1conc1C1=CCCN(C)C1. The highest BCUT2D eigenvalue weighted by atomic mass is 16.5. The fraction of sp³-hybridized carbons (Fsp3) is 0.643. The quantitative estimate of drug-likeness (QED) is 0.733. The maximum Gasteiger partial charge on any atom is 0.127 e. The number of unbranched alkanes of at least 4 members (excludes halogenated alkanes) is 2. The van der Waals surface area contributed by atoms with Crippen molar-refractivity contribution in [1.82, 2.24) is 10.1 Å². The van der Waals surface area contributed by atoms with Crippen molar-refractivity contribution in [2.75, 3.05) is 20.1 Å². The predicted molar refractivity (Wildman–Crippen MR) is 69.8 cm³/mol. The molecule has 0 saturated carbocycles. The van der Waals surface area contributed by atoms with Crippen LogP contribution in [0, 0.1) is 0 Å². The number of hydrogen-bond acceptors (Lipinski definition) is 3. The molecule has 0 amide bonds. The van der Waals surface area contributed by atoms with Gasteiger partial charge >= 0.3 is 0 Å². The minimum Gasteiger partial charge on any atom is -0.364 e. The van der Waals surface area contributed by atoms with E-state index in [0.29, 0.717) is 0 Å². The van der Waals surface area contributed by atoms with Crippen LogP contribution in [0.15, 0.2) is 16.9 Å². The molecule has 3 nitrogen and oxygen atoms in total. The van der Waals surface area contributed by atoms with Gasteiger partial charge in [0.1, 0.15) is 12.0 Å². The maximum atomic E-state index is 5.16. The number of aryl methyl sites for hydroxylation is 1. The smallest absolute Gasteiger partial charge is 0.127 e. The van der Waals surface area contributed by atoms with Crippen LogP contribution in [0.2, 0.25) is 0 Å². The van der Waals surface area contributed by atoms with Gasteiger partial charge in [-0.25, -0.2) is 0 Å². The van der Waals surface area contributed by atoms with Crippen LogP contribution in [0.25, 0.3) is 5.57 Å². The van der Waals surface area contributed by atoms with E-state index in [1.807, 2.05) is 6.26 Å². The summed E-state index contributed by atoms with van der Waals surface area (Å²) in [5.41, 5.74) is 3.70. The van der Waals surface area contributed by atoms with E-state index in [2.05, 4.69) is 30.1 Å². The summed E-state index contributed by atoms with van der Waals surface area (Å²) in [6, 6.07) is 0. The molecule has 0 bridgehead atoms. The van der Waals surface area contributed by atoms with Crippen LogP contribution in [0.1, 0.15) is 43.9 Å². The van der Waals surface area contributed by atoms with Gasteiger partial charge in [0.05, 0.1) is 0 Å². The summed E-state index contributed by atoms with van der Waals surface area (Å²) in [5.74, 6) is 0. The van der Waals surface area contributed by atoms with Gasteiger partial charge in [0.25, 0.3) is 0 Å². The Hall–Kier alpha value is -1.09. The Balaban J connectivity index is 2.05. The van der Waals surface area contributed by atoms with Crippen molar-refractivity contribution in [2.45, 2.75) is 39.0 Å². The third-order valence-corrected chi connectivity index (χ3v) is 3.34. The third-order valence-electron chi connectivity index (χ3n) is 3.34. The van der Waals surface area contributed by atoms with Gasteiger partial charge in [-0.1, -0.05) is 31.0 Å². The van der Waals surface area contributed by atoms with Crippen molar-refractivity contribution >= 4 is 5.57 Å². The van der Waals surface area contributed by atoms with Gasteiger partial charge < -0.3 is 9.42 Å². The molecule has 0 saturated heterocycles. The van der Waals surface area contributed by atoms with Crippen molar-refractivity contribution < 1.29 is 4.52 Å². The minimum absolute atomic E-state index is 0.993. The molecule has 2 heterocycles. The molecule has 1 aromatic heterocycles. The van der Waals surface area contributed by atoms with Gasteiger partial charge in [0.15, 0.2) is 0 Å². The highest BCUT2D eigenvalue weighted by molar-refractivity contribution is 5.66. The summed E-state index contributed by atoms with van der Waals surface area (Å²) in [6.45, 7) is 4.37. The van der Waals surface area contributed by atoms with E-state index >= 15 is 0 Å². The molecule has 1 aliphatic rings. The van der Waals surface area contributed by atoms with E-state index < -0.39 is 0 Å². The molecule has 0 aromatic carbocycles. The molecule has 17 heavy (non-hydrogen) atoms. The maximum absolute atomic E-state index is 5.16. The molecule has 0 N–H and O–H groups in total. The van der Waals surface area contributed by atoms with Crippen molar-refractivity contribution in [3.05, 3.63) is 23.6 Å². The Morgan fingerprint density at radius 3 is 3.06 bits per heavy atom. The summed E-state index contributed by atoms with van der Waals surface area (Å²) in [4.78, 5) is 2.33. The van der Waals surface area contributed by atoms with Crippen LogP contribution >= 0.6 is 0 Å². The summed E-state index contributed by atoms with van der Waals surface area (Å²) in [5, 5.41) is 4.18. The zero-order chi connectivity index (χ0) is 12.1. The van der Waals surface area contributed by atoms with Crippen molar-refractivity contribution in [3.8, 4) is 0 Å². The van der Waals surface area contributed by atoms with E-state index in [1.165, 1.54) is 30.4 Å². The fourth-order valence-electron chi connectivity index (χ4n) is 2.33. The van der Waals surface area contributed by atoms with Gasteiger partial charge in [-0.05, 0) is 31.9 Å². The molecular weight excluding hydrogens is 212 g/mol. The lowest BCUT2D eigenvalue weighted by Crippen LogP contribution is -2.25. The number of nitrogens with zero attached hydrogens (tertiary/aromatic N) is 2. The number of rotatable bonds is 5. The normalized spacial score (nSPS) is 17.2. The first-order chi connectivity index (χ1) is 8.31. The van der Waals surface area contributed by atoms with Gasteiger partial charge in [0.2, 0.25) is 0 Å². The highest BCUT2D eigenvalue weighted by Gasteiger charge is 2.16. The second-order valence-corrected chi connectivity index (χ2v) is 4.90. The molecule has 1 aromatic rings. The Bertz CT molecular complexity index is 381.